The van der Waals surface area contributed by atoms with E-state index >= 15 is 0 Å². The van der Waals surface area contributed by atoms with E-state index in [4.69, 9.17) is 4.74 Å². The molecule has 0 spiro atoms. The molecular formula is C25H28FNO4. The van der Waals surface area contributed by atoms with Gasteiger partial charge in [-0.15, -0.1) is 0 Å². The molecule has 1 heterocycles. The van der Waals surface area contributed by atoms with Crippen LogP contribution in [0.2, 0.25) is 0 Å². The zero-order valence-corrected chi connectivity index (χ0v) is 18.5. The maximum atomic E-state index is 14.7. The number of ketones is 1. The number of nitrogens with zero attached hydrogens (tertiary/aromatic N) is 1. The van der Waals surface area contributed by atoms with E-state index in [1.165, 1.54) is 24.1 Å². The van der Waals surface area contributed by atoms with Crippen LogP contribution in [0.25, 0.3) is 5.76 Å². The van der Waals surface area contributed by atoms with E-state index in [2.05, 4.69) is 0 Å². The third kappa shape index (κ3) is 4.07. The molecular weight excluding hydrogens is 397 g/mol. The molecule has 0 radical (unpaired) electrons. The number of rotatable bonds is 5. The Labute approximate surface area is 182 Å². The van der Waals surface area contributed by atoms with Crippen molar-refractivity contribution in [3.63, 3.8) is 0 Å². The minimum Gasteiger partial charge on any atom is -0.507 e. The first-order chi connectivity index (χ1) is 14.6. The van der Waals surface area contributed by atoms with Crippen LogP contribution in [0.15, 0.2) is 48.0 Å². The third-order valence-corrected chi connectivity index (χ3v) is 5.52. The number of halogens is 1. The lowest BCUT2D eigenvalue weighted by atomic mass is 9.85. The van der Waals surface area contributed by atoms with Crippen molar-refractivity contribution in [2.24, 2.45) is 0 Å². The number of likely N-dealkylation sites (tertiary alicyclic amines) is 1. The molecule has 0 aromatic heterocycles. The van der Waals surface area contributed by atoms with Crippen LogP contribution in [0.1, 0.15) is 56.8 Å². The number of ether oxygens (including phenoxy) is 1. The Bertz CT molecular complexity index is 1050. The number of hydrogen-bond acceptors (Lipinski definition) is 4. The monoisotopic (exact) mass is 425 g/mol. The highest BCUT2D eigenvalue weighted by molar-refractivity contribution is 6.46. The fourth-order valence-electron chi connectivity index (χ4n) is 3.88. The van der Waals surface area contributed by atoms with Crippen molar-refractivity contribution in [2.45, 2.75) is 45.6 Å². The molecule has 1 saturated heterocycles. The maximum absolute atomic E-state index is 14.7. The minimum absolute atomic E-state index is 0.132. The largest absolute Gasteiger partial charge is 0.507 e. The summed E-state index contributed by atoms with van der Waals surface area (Å²) in [5.41, 5.74) is 1.03. The molecule has 1 amide bonds. The highest BCUT2D eigenvalue weighted by atomic mass is 19.1. The van der Waals surface area contributed by atoms with Crippen LogP contribution >= 0.6 is 0 Å². The zero-order valence-electron chi connectivity index (χ0n) is 18.5. The Kier molecular flexibility index (Phi) is 6.20. The van der Waals surface area contributed by atoms with Crippen LogP contribution in [0.5, 0.6) is 5.75 Å². The fraction of sp³-hybridized carbons (Fsp3) is 0.360. The Hall–Kier alpha value is -3.15. The van der Waals surface area contributed by atoms with E-state index in [9.17, 15) is 19.1 Å². The standard InChI is InChI=1S/C25H28FNO4/c1-6-13-27-21(16-9-7-8-10-18(16)26)20(23(29)24(27)30)22(28)17-14-15(25(2,3)4)11-12-19(17)31-5/h7-12,14,21,28H,6,13H2,1-5H3/b22-20+. The van der Waals surface area contributed by atoms with Gasteiger partial charge in [0.25, 0.3) is 11.7 Å². The number of aliphatic hydroxyl groups is 1. The molecule has 6 heteroatoms. The Morgan fingerprint density at radius 3 is 2.42 bits per heavy atom. The summed E-state index contributed by atoms with van der Waals surface area (Å²) in [6.07, 6.45) is 0.584. The lowest BCUT2D eigenvalue weighted by Crippen LogP contribution is -2.30. The predicted octanol–water partition coefficient (Wildman–Crippen LogP) is 4.96. The summed E-state index contributed by atoms with van der Waals surface area (Å²) in [7, 11) is 1.47. The van der Waals surface area contributed by atoms with E-state index in [0.717, 1.165) is 5.56 Å². The summed E-state index contributed by atoms with van der Waals surface area (Å²) < 4.78 is 20.2. The molecule has 1 aliphatic rings. The molecule has 0 bridgehead atoms. The smallest absolute Gasteiger partial charge is 0.295 e. The van der Waals surface area contributed by atoms with Crippen molar-refractivity contribution in [3.05, 3.63) is 70.5 Å². The van der Waals surface area contributed by atoms with Crippen molar-refractivity contribution in [1.29, 1.82) is 0 Å². The molecule has 0 aliphatic carbocycles. The van der Waals surface area contributed by atoms with Gasteiger partial charge in [-0.3, -0.25) is 9.59 Å². The van der Waals surface area contributed by atoms with Gasteiger partial charge in [0.15, 0.2) is 0 Å². The molecule has 164 valence electrons. The first-order valence-electron chi connectivity index (χ1n) is 10.3. The molecule has 1 fully saturated rings. The van der Waals surface area contributed by atoms with Crippen molar-refractivity contribution in [1.82, 2.24) is 4.90 Å². The van der Waals surface area contributed by atoms with Gasteiger partial charge in [0.1, 0.15) is 17.3 Å². The summed E-state index contributed by atoms with van der Waals surface area (Å²) in [4.78, 5) is 27.1. The normalized spacial score (nSPS) is 18.5. The topological polar surface area (TPSA) is 66.8 Å². The summed E-state index contributed by atoms with van der Waals surface area (Å²) >= 11 is 0. The van der Waals surface area contributed by atoms with E-state index in [1.807, 2.05) is 33.8 Å². The number of carbonyl (C=O) groups excluding carboxylic acids is 2. The highest BCUT2D eigenvalue weighted by Crippen LogP contribution is 2.42. The highest BCUT2D eigenvalue weighted by Gasteiger charge is 2.46. The molecule has 1 unspecified atom stereocenters. The number of aliphatic hydroxyl groups excluding tert-OH is 1. The molecule has 2 aromatic carbocycles. The molecule has 3 rings (SSSR count). The van der Waals surface area contributed by atoms with Gasteiger partial charge in [-0.25, -0.2) is 4.39 Å². The second-order valence-electron chi connectivity index (χ2n) is 8.68. The SMILES string of the molecule is CCCN1C(=O)C(=O)/C(=C(/O)c2cc(C(C)(C)C)ccc2OC)C1c1ccccc1F. The first kappa shape index (κ1) is 22.5. The van der Waals surface area contributed by atoms with Crippen molar-refractivity contribution in [3.8, 4) is 5.75 Å². The van der Waals surface area contributed by atoms with Crippen LogP contribution < -0.4 is 4.74 Å². The third-order valence-electron chi connectivity index (χ3n) is 5.52. The first-order valence-corrected chi connectivity index (χ1v) is 10.3. The molecule has 1 N–H and O–H groups in total. The molecule has 1 aliphatic heterocycles. The van der Waals surface area contributed by atoms with Gasteiger partial charge in [0, 0.05) is 12.1 Å². The average Bonchev–Trinajstić information content (AvgIpc) is 2.97. The molecule has 2 aromatic rings. The second kappa shape index (κ2) is 8.53. The minimum atomic E-state index is -1.01. The van der Waals surface area contributed by atoms with Crippen molar-refractivity contribution < 1.29 is 23.8 Å². The number of Topliss-reactive ketones (excluding diaryl/α,β-unsaturated/α-hetero) is 1. The fourth-order valence-corrected chi connectivity index (χ4v) is 3.88. The van der Waals surface area contributed by atoms with E-state index in [-0.39, 0.29) is 28.9 Å². The number of benzene rings is 2. The van der Waals surface area contributed by atoms with Gasteiger partial charge >= 0.3 is 0 Å². The van der Waals surface area contributed by atoms with Crippen LogP contribution in [0, 0.1) is 5.82 Å². The van der Waals surface area contributed by atoms with Gasteiger partial charge < -0.3 is 14.7 Å². The van der Waals surface area contributed by atoms with E-state index in [0.29, 0.717) is 17.7 Å². The lowest BCUT2D eigenvalue weighted by molar-refractivity contribution is -0.139. The van der Waals surface area contributed by atoms with Gasteiger partial charge in [-0.2, -0.15) is 0 Å². The number of hydrogen-bond donors (Lipinski definition) is 1. The number of amides is 1. The van der Waals surface area contributed by atoms with Crippen molar-refractivity contribution in [2.75, 3.05) is 13.7 Å². The van der Waals surface area contributed by atoms with Gasteiger partial charge in [0.2, 0.25) is 0 Å². The Balaban J connectivity index is 2.30. The van der Waals surface area contributed by atoms with Crippen LogP contribution in [0.4, 0.5) is 4.39 Å². The Morgan fingerprint density at radius 2 is 1.84 bits per heavy atom. The van der Waals surface area contributed by atoms with Crippen LogP contribution in [-0.2, 0) is 15.0 Å². The molecule has 5 nitrogen and oxygen atoms in total. The van der Waals surface area contributed by atoms with Crippen molar-refractivity contribution >= 4 is 17.4 Å². The summed E-state index contributed by atoms with van der Waals surface area (Å²) in [5.74, 6) is -2.13. The van der Waals surface area contributed by atoms with E-state index in [1.54, 1.807) is 24.3 Å². The zero-order chi connectivity index (χ0) is 22.9. The number of carbonyl (C=O) groups is 2. The van der Waals surface area contributed by atoms with Gasteiger partial charge in [0.05, 0.1) is 24.3 Å². The van der Waals surface area contributed by atoms with Gasteiger partial charge in [-0.1, -0.05) is 52.0 Å². The van der Waals surface area contributed by atoms with E-state index < -0.39 is 23.5 Å². The quantitative estimate of drug-likeness (QED) is 0.418. The maximum Gasteiger partial charge on any atom is 0.295 e. The summed E-state index contributed by atoms with van der Waals surface area (Å²) in [5, 5.41) is 11.3. The molecule has 1 atom stereocenters. The number of methoxy groups -OCH3 is 1. The summed E-state index contributed by atoms with van der Waals surface area (Å²) in [6.45, 7) is 8.21. The predicted molar refractivity (Wildman–Crippen MR) is 117 cm³/mol. The second-order valence-corrected chi connectivity index (χ2v) is 8.68. The van der Waals surface area contributed by atoms with Crippen LogP contribution in [0.3, 0.4) is 0 Å². The Morgan fingerprint density at radius 1 is 1.16 bits per heavy atom. The van der Waals surface area contributed by atoms with Gasteiger partial charge in [-0.05, 0) is 35.6 Å². The lowest BCUT2D eigenvalue weighted by Gasteiger charge is -2.25. The molecule has 0 saturated carbocycles. The molecule has 31 heavy (non-hydrogen) atoms. The van der Waals surface area contributed by atoms with Crippen LogP contribution in [-0.4, -0.2) is 35.4 Å². The summed E-state index contributed by atoms with van der Waals surface area (Å²) in [6, 6.07) is 10.3. The average molecular weight is 426 g/mol.